The van der Waals surface area contributed by atoms with Gasteiger partial charge in [-0.1, -0.05) is 0 Å². The Bertz CT molecular complexity index is 2660. The molecule has 0 radical (unpaired) electrons. The lowest BCUT2D eigenvalue weighted by Crippen LogP contribution is -2.55. The minimum absolute atomic E-state index is 0.105. The second-order valence-corrected chi connectivity index (χ2v) is 19.1. The Balaban J connectivity index is 0.620. The molecule has 0 saturated carbocycles. The van der Waals surface area contributed by atoms with Crippen molar-refractivity contribution in [2.75, 3.05) is 107 Å². The summed E-state index contributed by atoms with van der Waals surface area (Å²) in [6, 6.07) is 15.1. The lowest BCUT2D eigenvalue weighted by atomic mass is 9.96. The number of hydrazone groups is 1. The van der Waals surface area contributed by atoms with Gasteiger partial charge in [-0.25, -0.2) is 9.99 Å². The Morgan fingerprint density at radius 3 is 2.24 bits per heavy atom. The average molecular weight is 910 g/mol. The minimum Gasteiger partial charge on any atom is -0.369 e. The molecule has 7 aliphatic rings. The zero-order valence-corrected chi connectivity index (χ0v) is 38.5. The van der Waals surface area contributed by atoms with Crippen molar-refractivity contribution in [3.63, 3.8) is 0 Å². The first kappa shape index (κ1) is 43.0. The second-order valence-electron chi connectivity index (χ2n) is 19.1. The molecule has 2 aromatic heterocycles. The molecule has 350 valence electrons. The van der Waals surface area contributed by atoms with Gasteiger partial charge >= 0.3 is 0 Å². The van der Waals surface area contributed by atoms with Gasteiger partial charge in [-0.05, 0) is 107 Å². The molecule has 19 heteroatoms. The van der Waals surface area contributed by atoms with E-state index >= 15 is 0 Å². The fourth-order valence-electron chi connectivity index (χ4n) is 10.9. The third-order valence-corrected chi connectivity index (χ3v) is 15.0. The molecule has 0 bridgehead atoms. The Labute approximate surface area is 389 Å². The van der Waals surface area contributed by atoms with Crippen LogP contribution in [0.4, 0.5) is 17.2 Å². The van der Waals surface area contributed by atoms with Crippen LogP contribution in [0, 0.1) is 5.92 Å². The first-order chi connectivity index (χ1) is 32.6. The summed E-state index contributed by atoms with van der Waals surface area (Å²) in [6.07, 6.45) is 6.82. The van der Waals surface area contributed by atoms with Crippen LogP contribution in [-0.2, 0) is 9.59 Å². The highest BCUT2D eigenvalue weighted by atomic mass is 16.2. The van der Waals surface area contributed by atoms with Gasteiger partial charge in [0.1, 0.15) is 17.6 Å². The van der Waals surface area contributed by atoms with Crippen LogP contribution in [0.3, 0.4) is 0 Å². The largest absolute Gasteiger partial charge is 0.369 e. The fraction of sp³-hybridized carbons (Fsp3) is 0.479. The predicted molar refractivity (Wildman–Crippen MR) is 255 cm³/mol. The van der Waals surface area contributed by atoms with E-state index in [1.54, 1.807) is 12.1 Å². The zero-order valence-electron chi connectivity index (χ0n) is 38.5. The van der Waals surface area contributed by atoms with E-state index in [1.807, 2.05) is 30.5 Å². The summed E-state index contributed by atoms with van der Waals surface area (Å²) in [5.41, 5.74) is 9.84. The maximum atomic E-state index is 13.4. The number of aromatic nitrogens is 3. The molecule has 2 aromatic carbocycles. The van der Waals surface area contributed by atoms with Crippen LogP contribution in [0.25, 0.3) is 22.2 Å². The van der Waals surface area contributed by atoms with Crippen molar-refractivity contribution in [2.24, 2.45) is 11.0 Å². The number of hydrogen-bond acceptors (Lipinski definition) is 16. The first-order valence-corrected chi connectivity index (χ1v) is 23.9. The van der Waals surface area contributed by atoms with E-state index in [4.69, 9.17) is 10.1 Å². The van der Waals surface area contributed by atoms with Crippen molar-refractivity contribution in [1.29, 1.82) is 0 Å². The lowest BCUT2D eigenvalue weighted by Gasteiger charge is -2.40. The lowest BCUT2D eigenvalue weighted by molar-refractivity contribution is -0.136. The van der Waals surface area contributed by atoms with Crippen molar-refractivity contribution in [2.45, 2.75) is 51.6 Å². The standard InChI is InChI=1S/C48H59N15O4/c1-31-26-32(2)62-48(55(31)3)53-54-63(62)36-5-7-40-39(29-36)44(52-51-40)34-10-13-49-42(27-34)60-24-18-57(19-25-60)17-16-56-14-11-33(12-15-56)30-58-20-22-59(23-21-58)35-4-6-37-38(28-35)47(67)61(46(37)66)41-8-9-43(64)50-45(41)65/h4-7,10,13,26-29,32-33,41,54H,8-9,11-12,14-25,30H2,1-3H3,(H,51,52)(H,50,64,65)/t32-,41?/m0/s1. The van der Waals surface area contributed by atoms with Crippen LogP contribution in [0.2, 0.25) is 0 Å². The molecule has 19 nitrogen and oxygen atoms in total. The van der Waals surface area contributed by atoms with Crippen LogP contribution < -0.4 is 25.8 Å². The molecule has 1 unspecified atom stereocenters. The number of piperazine rings is 2. The van der Waals surface area contributed by atoms with Crippen LogP contribution >= 0.6 is 0 Å². The smallest absolute Gasteiger partial charge is 0.262 e. The summed E-state index contributed by atoms with van der Waals surface area (Å²) in [7, 11) is 2.03. The molecule has 2 atom stereocenters. The molecule has 4 fully saturated rings. The Morgan fingerprint density at radius 2 is 1.46 bits per heavy atom. The number of piperidine rings is 2. The average Bonchev–Trinajstić information content (AvgIpc) is 4.05. The van der Waals surface area contributed by atoms with Crippen molar-refractivity contribution < 1.29 is 19.2 Å². The molecule has 4 aromatic rings. The van der Waals surface area contributed by atoms with Gasteiger partial charge in [0, 0.05) is 114 Å². The number of imide groups is 2. The number of rotatable bonds is 10. The number of aromatic amines is 1. The molecule has 4 amide bonds. The Morgan fingerprint density at radius 1 is 0.746 bits per heavy atom. The molecule has 4 saturated heterocycles. The normalized spacial score (nSPS) is 23.5. The van der Waals surface area contributed by atoms with Crippen molar-refractivity contribution in [1.82, 2.24) is 55.5 Å². The predicted octanol–water partition coefficient (Wildman–Crippen LogP) is 2.73. The number of allylic oxidation sites excluding steroid dienone is 1. The molecular weight excluding hydrogens is 851 g/mol. The van der Waals surface area contributed by atoms with Crippen LogP contribution in [0.15, 0.2) is 71.6 Å². The second kappa shape index (κ2) is 17.6. The number of guanidine groups is 1. The van der Waals surface area contributed by atoms with Gasteiger partial charge in [0.05, 0.1) is 28.4 Å². The van der Waals surface area contributed by atoms with E-state index in [0.29, 0.717) is 17.0 Å². The number of H-pyrrole nitrogens is 1. The summed E-state index contributed by atoms with van der Waals surface area (Å²) in [6.45, 7) is 17.3. The molecular formula is C48H59N15O4. The summed E-state index contributed by atoms with van der Waals surface area (Å²) >= 11 is 0. The summed E-state index contributed by atoms with van der Waals surface area (Å²) in [5, 5.41) is 20.1. The van der Waals surface area contributed by atoms with Gasteiger partial charge in [0.25, 0.3) is 11.8 Å². The van der Waals surface area contributed by atoms with E-state index in [-0.39, 0.29) is 24.8 Å². The highest BCUT2D eigenvalue weighted by molar-refractivity contribution is 6.23. The molecule has 67 heavy (non-hydrogen) atoms. The first-order valence-electron chi connectivity index (χ1n) is 23.9. The van der Waals surface area contributed by atoms with Crippen LogP contribution in [-0.4, -0.2) is 178 Å². The molecule has 7 aliphatic heterocycles. The summed E-state index contributed by atoms with van der Waals surface area (Å²) in [5.74, 6) is 0.627. The van der Waals surface area contributed by atoms with Crippen LogP contribution in [0.5, 0.6) is 0 Å². The van der Waals surface area contributed by atoms with Gasteiger partial charge < -0.3 is 19.6 Å². The number of fused-ring (bicyclic) bond motifs is 3. The fourth-order valence-corrected chi connectivity index (χ4v) is 10.9. The van der Waals surface area contributed by atoms with Crippen LogP contribution in [0.1, 0.15) is 60.2 Å². The number of pyridine rings is 1. The van der Waals surface area contributed by atoms with Crippen molar-refractivity contribution in [3.05, 3.63) is 77.6 Å². The summed E-state index contributed by atoms with van der Waals surface area (Å²) < 4.78 is 0. The molecule has 9 heterocycles. The van der Waals surface area contributed by atoms with E-state index in [9.17, 15) is 19.2 Å². The number of benzene rings is 2. The number of carbonyl (C=O) groups is 4. The van der Waals surface area contributed by atoms with E-state index in [2.05, 4.69) is 99.6 Å². The molecule has 0 spiro atoms. The van der Waals surface area contributed by atoms with Gasteiger partial charge in [-0.3, -0.25) is 44.3 Å². The topological polar surface area (TPSA) is 175 Å². The Kier molecular flexibility index (Phi) is 11.3. The SMILES string of the molecule is CC1=C[C@H](C)N2C(=NNN2c2ccc3[nH]nc(-c4ccnc(N5CCN(CCN6CCC(CN7CCN(c8ccc9c(c8)C(=O)N(C8CCC(=O)NC8=O)C9=O)CC7)CC6)CC5)c4)c3c2)N1C. The number of amides is 4. The minimum atomic E-state index is -0.958. The third-order valence-electron chi connectivity index (χ3n) is 15.0. The van der Waals surface area contributed by atoms with Gasteiger partial charge in [-0.2, -0.15) is 15.8 Å². The molecule has 0 aliphatic carbocycles. The highest BCUT2D eigenvalue weighted by Gasteiger charge is 2.45. The number of nitrogens with one attached hydrogen (secondary N) is 3. The molecule has 11 rings (SSSR count). The monoisotopic (exact) mass is 909 g/mol. The van der Waals surface area contributed by atoms with E-state index in [0.717, 1.165) is 135 Å². The van der Waals surface area contributed by atoms with E-state index < -0.39 is 23.8 Å². The number of likely N-dealkylation sites (tertiary alicyclic amines) is 1. The van der Waals surface area contributed by atoms with Crippen molar-refractivity contribution >= 4 is 57.7 Å². The highest BCUT2D eigenvalue weighted by Crippen LogP contribution is 2.35. The Hall–Kier alpha value is -6.57. The number of anilines is 3. The van der Waals surface area contributed by atoms with Gasteiger partial charge in [-0.15, -0.1) is 5.10 Å². The molecule has 3 N–H and O–H groups in total. The number of nitrogens with zero attached hydrogens (tertiary/aromatic N) is 12. The maximum Gasteiger partial charge on any atom is 0.262 e. The maximum absolute atomic E-state index is 13.4. The number of hydrazine groups is 2. The van der Waals surface area contributed by atoms with E-state index in [1.165, 1.54) is 18.5 Å². The zero-order chi connectivity index (χ0) is 45.9. The quantitative estimate of drug-likeness (QED) is 0.198. The summed E-state index contributed by atoms with van der Waals surface area (Å²) in [4.78, 5) is 71.1. The third kappa shape index (κ3) is 8.11. The van der Waals surface area contributed by atoms with Gasteiger partial charge in [0.2, 0.25) is 17.8 Å². The number of carbonyl (C=O) groups excluding carboxylic acids is 4. The number of hydrogen-bond donors (Lipinski definition) is 3. The van der Waals surface area contributed by atoms with Crippen molar-refractivity contribution in [3.8, 4) is 11.3 Å². The van der Waals surface area contributed by atoms with Gasteiger partial charge in [0.15, 0.2) is 0 Å².